The summed E-state index contributed by atoms with van der Waals surface area (Å²) in [5.74, 6) is -0.932. The Morgan fingerprint density at radius 3 is 2.71 bits per heavy atom. The number of rotatable bonds is 5. The Balaban J connectivity index is 1.58. The molecular formula is C20H16Cl2N4O2. The maximum Gasteiger partial charge on any atom is 0.259 e. The first-order chi connectivity index (χ1) is 13.4. The molecule has 2 N–H and O–H groups in total. The van der Waals surface area contributed by atoms with E-state index >= 15 is 0 Å². The van der Waals surface area contributed by atoms with Crippen LogP contribution >= 0.6 is 23.2 Å². The van der Waals surface area contributed by atoms with Gasteiger partial charge in [0.2, 0.25) is 0 Å². The van der Waals surface area contributed by atoms with Gasteiger partial charge in [0.05, 0.1) is 28.9 Å². The quantitative estimate of drug-likeness (QED) is 0.379. The number of carbonyl (C=O) groups is 2. The van der Waals surface area contributed by atoms with Crippen LogP contribution in [0.4, 0.5) is 0 Å². The van der Waals surface area contributed by atoms with Crippen LogP contribution in [0.3, 0.4) is 0 Å². The molecule has 0 aliphatic heterocycles. The Kier molecular flexibility index (Phi) is 6.23. The monoisotopic (exact) mass is 414 g/mol. The average molecular weight is 415 g/mol. The maximum atomic E-state index is 12.0. The predicted octanol–water partition coefficient (Wildman–Crippen LogP) is 3.73. The van der Waals surface area contributed by atoms with Crippen LogP contribution in [0.2, 0.25) is 10.2 Å². The van der Waals surface area contributed by atoms with Gasteiger partial charge in [0, 0.05) is 10.9 Å². The number of fused-ring (bicyclic) bond motifs is 1. The summed E-state index contributed by atoms with van der Waals surface area (Å²) in [5.41, 5.74) is 5.07. The van der Waals surface area contributed by atoms with Gasteiger partial charge in [0.25, 0.3) is 11.8 Å². The van der Waals surface area contributed by atoms with E-state index in [2.05, 4.69) is 20.8 Å². The fourth-order valence-electron chi connectivity index (χ4n) is 2.47. The molecule has 28 heavy (non-hydrogen) atoms. The van der Waals surface area contributed by atoms with Crippen molar-refractivity contribution < 1.29 is 9.59 Å². The van der Waals surface area contributed by atoms with Crippen LogP contribution in [0.5, 0.6) is 0 Å². The average Bonchev–Trinajstić information content (AvgIpc) is 2.67. The Hall–Kier alpha value is -2.96. The van der Waals surface area contributed by atoms with Gasteiger partial charge in [-0.05, 0) is 36.8 Å². The lowest BCUT2D eigenvalue weighted by molar-refractivity contribution is -0.120. The number of aryl methyl sites for hydroxylation is 1. The van der Waals surface area contributed by atoms with Gasteiger partial charge in [-0.15, -0.1) is 0 Å². The second-order valence-electron chi connectivity index (χ2n) is 6.02. The van der Waals surface area contributed by atoms with Crippen molar-refractivity contribution >= 4 is 52.1 Å². The molecule has 1 heterocycles. The molecule has 0 spiro atoms. The zero-order chi connectivity index (χ0) is 20.1. The highest BCUT2D eigenvalue weighted by molar-refractivity contribution is 6.34. The maximum absolute atomic E-state index is 12.0. The summed E-state index contributed by atoms with van der Waals surface area (Å²) in [6, 6.07) is 14.3. The zero-order valence-electron chi connectivity index (χ0n) is 14.9. The molecule has 0 bridgehead atoms. The summed E-state index contributed by atoms with van der Waals surface area (Å²) < 4.78 is 0. The number of nitrogens with one attached hydrogen (secondary N) is 2. The minimum absolute atomic E-state index is 0.246. The topological polar surface area (TPSA) is 83.5 Å². The largest absolute Gasteiger partial charge is 0.343 e. The molecule has 0 fully saturated rings. The number of halogens is 2. The molecule has 0 atom stereocenters. The van der Waals surface area contributed by atoms with Crippen molar-refractivity contribution in [1.82, 2.24) is 15.7 Å². The summed E-state index contributed by atoms with van der Waals surface area (Å²) in [6.45, 7) is 1.73. The molecule has 1 aromatic heterocycles. The van der Waals surface area contributed by atoms with Gasteiger partial charge in [-0.1, -0.05) is 47.5 Å². The lowest BCUT2D eigenvalue weighted by Gasteiger charge is -2.06. The summed E-state index contributed by atoms with van der Waals surface area (Å²) in [7, 11) is 0. The number of amides is 2. The van der Waals surface area contributed by atoms with E-state index in [-0.39, 0.29) is 11.7 Å². The number of aromatic nitrogens is 1. The molecule has 6 nitrogen and oxygen atoms in total. The fraction of sp³-hybridized carbons (Fsp3) is 0.100. The molecule has 0 saturated heterocycles. The molecule has 2 aromatic carbocycles. The van der Waals surface area contributed by atoms with Gasteiger partial charge in [-0.2, -0.15) is 5.10 Å². The predicted molar refractivity (Wildman–Crippen MR) is 111 cm³/mol. The van der Waals surface area contributed by atoms with Crippen molar-refractivity contribution in [1.29, 1.82) is 0 Å². The van der Waals surface area contributed by atoms with Crippen molar-refractivity contribution in [2.75, 3.05) is 6.54 Å². The first-order valence-corrected chi connectivity index (χ1v) is 9.11. The van der Waals surface area contributed by atoms with Crippen LogP contribution in [0.15, 0.2) is 53.6 Å². The second kappa shape index (κ2) is 8.82. The van der Waals surface area contributed by atoms with Crippen LogP contribution in [0.1, 0.15) is 21.5 Å². The molecule has 3 rings (SSSR count). The van der Waals surface area contributed by atoms with Crippen LogP contribution in [-0.4, -0.2) is 29.6 Å². The minimum atomic E-state index is -0.489. The summed E-state index contributed by atoms with van der Waals surface area (Å²) in [5, 5.41) is 7.85. The number of hydrogen-bond donors (Lipinski definition) is 2. The fourth-order valence-corrected chi connectivity index (χ4v) is 2.89. The molecule has 0 aliphatic rings. The molecule has 8 heteroatoms. The van der Waals surface area contributed by atoms with E-state index in [1.807, 2.05) is 31.2 Å². The number of carbonyl (C=O) groups excluding carboxylic acids is 2. The van der Waals surface area contributed by atoms with E-state index in [1.54, 1.807) is 24.3 Å². The van der Waals surface area contributed by atoms with Crippen LogP contribution in [-0.2, 0) is 4.79 Å². The van der Waals surface area contributed by atoms with Gasteiger partial charge < -0.3 is 5.32 Å². The highest BCUT2D eigenvalue weighted by Gasteiger charge is 2.10. The highest BCUT2D eigenvalue weighted by Crippen LogP contribution is 2.20. The summed E-state index contributed by atoms with van der Waals surface area (Å²) in [4.78, 5) is 28.2. The molecular weight excluding hydrogens is 399 g/mol. The molecule has 0 aliphatic carbocycles. The molecule has 0 saturated carbocycles. The van der Waals surface area contributed by atoms with E-state index < -0.39 is 11.8 Å². The molecule has 0 unspecified atom stereocenters. The number of benzene rings is 2. The number of hydrogen-bond acceptors (Lipinski definition) is 4. The van der Waals surface area contributed by atoms with Crippen molar-refractivity contribution in [3.63, 3.8) is 0 Å². The lowest BCUT2D eigenvalue weighted by atomic mass is 10.1. The van der Waals surface area contributed by atoms with Crippen molar-refractivity contribution in [2.45, 2.75) is 6.92 Å². The van der Waals surface area contributed by atoms with Crippen LogP contribution in [0.25, 0.3) is 10.9 Å². The third-order valence-corrected chi connectivity index (χ3v) is 4.51. The van der Waals surface area contributed by atoms with Gasteiger partial charge >= 0.3 is 0 Å². The van der Waals surface area contributed by atoms with Crippen LogP contribution < -0.4 is 10.7 Å². The molecule has 3 aromatic rings. The summed E-state index contributed by atoms with van der Waals surface area (Å²) in [6.07, 6.45) is 1.41. The number of hydrazone groups is 1. The lowest BCUT2D eigenvalue weighted by Crippen LogP contribution is -2.35. The van der Waals surface area contributed by atoms with E-state index in [4.69, 9.17) is 23.2 Å². The Morgan fingerprint density at radius 1 is 1.14 bits per heavy atom. The van der Waals surface area contributed by atoms with Crippen LogP contribution in [0, 0.1) is 6.92 Å². The van der Waals surface area contributed by atoms with E-state index in [1.165, 1.54) is 6.21 Å². The Labute approximate surface area is 171 Å². The third-order valence-electron chi connectivity index (χ3n) is 3.87. The Bertz CT molecular complexity index is 1080. The standard InChI is InChI=1S/C20H16Cl2N4O2/c1-12-6-7-13-9-14(19(22)25-17(13)8-12)10-24-26-18(27)11-23-20(28)15-4-2-3-5-16(15)21/h2-10H,11H2,1H3,(H,23,28)(H,26,27)/b24-10-. The van der Waals surface area contributed by atoms with Gasteiger partial charge in [-0.3, -0.25) is 9.59 Å². The molecule has 0 radical (unpaired) electrons. The number of pyridine rings is 1. The smallest absolute Gasteiger partial charge is 0.259 e. The number of nitrogens with zero attached hydrogens (tertiary/aromatic N) is 2. The van der Waals surface area contributed by atoms with Crippen molar-refractivity contribution in [3.05, 3.63) is 75.4 Å². The molecule has 142 valence electrons. The van der Waals surface area contributed by atoms with Crippen molar-refractivity contribution in [3.8, 4) is 0 Å². The zero-order valence-corrected chi connectivity index (χ0v) is 16.4. The van der Waals surface area contributed by atoms with Gasteiger partial charge in [0.1, 0.15) is 5.15 Å². The highest BCUT2D eigenvalue weighted by atomic mass is 35.5. The SMILES string of the molecule is Cc1ccc2cc(/C=N\NC(=O)CNC(=O)c3ccccc3Cl)c(Cl)nc2c1. The first-order valence-electron chi connectivity index (χ1n) is 8.35. The van der Waals surface area contributed by atoms with Gasteiger partial charge in [0.15, 0.2) is 0 Å². The normalized spacial score (nSPS) is 11.0. The first kappa shape index (κ1) is 19.8. The Morgan fingerprint density at radius 2 is 1.93 bits per heavy atom. The molecule has 2 amide bonds. The second-order valence-corrected chi connectivity index (χ2v) is 6.79. The van der Waals surface area contributed by atoms with E-state index in [0.717, 1.165) is 16.5 Å². The van der Waals surface area contributed by atoms with Crippen molar-refractivity contribution in [2.24, 2.45) is 5.10 Å². The third kappa shape index (κ3) is 4.85. The van der Waals surface area contributed by atoms with Gasteiger partial charge in [-0.25, -0.2) is 10.4 Å². The van der Waals surface area contributed by atoms with E-state index in [9.17, 15) is 9.59 Å². The van der Waals surface area contributed by atoms with E-state index in [0.29, 0.717) is 16.1 Å². The minimum Gasteiger partial charge on any atom is -0.343 e. The summed E-state index contributed by atoms with van der Waals surface area (Å²) >= 11 is 12.1.